The van der Waals surface area contributed by atoms with Gasteiger partial charge < -0.3 is 4.74 Å². The van der Waals surface area contributed by atoms with Crippen molar-refractivity contribution < 1.29 is 13.5 Å². The van der Waals surface area contributed by atoms with Gasteiger partial charge >= 0.3 is 0 Å². The molecule has 2 atom stereocenters. The molecule has 0 spiro atoms. The molecule has 108 valence electrons. The van der Waals surface area contributed by atoms with Crippen molar-refractivity contribution in [2.24, 2.45) is 5.92 Å². The zero-order valence-electron chi connectivity index (χ0n) is 11.7. The summed E-state index contributed by atoms with van der Waals surface area (Å²) >= 11 is 6.29. The highest BCUT2D eigenvalue weighted by Crippen LogP contribution is 2.38. The second-order valence-electron chi connectivity index (χ2n) is 4.72. The number of hydrogen-bond acceptors (Lipinski definition) is 1. The number of ether oxygens (including phenoxy) is 1. The highest BCUT2D eigenvalue weighted by molar-refractivity contribution is 6.21. The van der Waals surface area contributed by atoms with Crippen molar-refractivity contribution in [2.45, 2.75) is 44.9 Å². The Morgan fingerprint density at radius 1 is 1.21 bits per heavy atom. The molecule has 0 aliphatic carbocycles. The zero-order valence-corrected chi connectivity index (χ0v) is 12.4. The van der Waals surface area contributed by atoms with E-state index in [-0.39, 0.29) is 17.2 Å². The van der Waals surface area contributed by atoms with Crippen molar-refractivity contribution in [2.75, 3.05) is 7.11 Å². The fraction of sp³-hybridized carbons (Fsp3) is 0.600. The first-order valence-electron chi connectivity index (χ1n) is 6.72. The maximum absolute atomic E-state index is 14.0. The third-order valence-corrected chi connectivity index (χ3v) is 4.01. The van der Waals surface area contributed by atoms with Crippen LogP contribution in [0, 0.1) is 17.6 Å². The molecule has 0 aliphatic rings. The molecular formula is C15H21ClF2O. The van der Waals surface area contributed by atoms with E-state index < -0.39 is 17.0 Å². The molecule has 0 radical (unpaired) electrons. The Kier molecular flexibility index (Phi) is 6.56. The third-order valence-electron chi connectivity index (χ3n) is 3.43. The Morgan fingerprint density at radius 2 is 1.79 bits per heavy atom. The van der Waals surface area contributed by atoms with E-state index in [1.807, 2.05) is 6.92 Å². The maximum Gasteiger partial charge on any atom is 0.134 e. The second-order valence-corrected chi connectivity index (χ2v) is 5.19. The van der Waals surface area contributed by atoms with Gasteiger partial charge in [0.1, 0.15) is 17.4 Å². The van der Waals surface area contributed by atoms with Crippen LogP contribution in [-0.4, -0.2) is 7.11 Å². The van der Waals surface area contributed by atoms with E-state index in [0.29, 0.717) is 0 Å². The largest absolute Gasteiger partial charge is 0.497 e. The number of unbranched alkanes of at least 4 members (excludes halogenated alkanes) is 1. The summed E-state index contributed by atoms with van der Waals surface area (Å²) in [6, 6.07) is 2.36. The zero-order chi connectivity index (χ0) is 14.4. The Balaban J connectivity index is 3.00. The van der Waals surface area contributed by atoms with E-state index in [0.717, 1.165) is 25.7 Å². The summed E-state index contributed by atoms with van der Waals surface area (Å²) in [5.74, 6) is -1.01. The summed E-state index contributed by atoms with van der Waals surface area (Å²) < 4.78 is 32.8. The van der Waals surface area contributed by atoms with Crippen LogP contribution in [0.3, 0.4) is 0 Å². The average molecular weight is 291 g/mol. The third kappa shape index (κ3) is 4.07. The lowest BCUT2D eigenvalue weighted by Crippen LogP contribution is -2.11. The fourth-order valence-electron chi connectivity index (χ4n) is 2.20. The smallest absolute Gasteiger partial charge is 0.134 e. The Bertz CT molecular complexity index is 386. The molecule has 19 heavy (non-hydrogen) atoms. The topological polar surface area (TPSA) is 9.23 Å². The number of hydrogen-bond donors (Lipinski definition) is 0. The van der Waals surface area contributed by atoms with Crippen molar-refractivity contribution in [3.8, 4) is 5.75 Å². The molecule has 1 aromatic carbocycles. The van der Waals surface area contributed by atoms with Crippen LogP contribution in [0.2, 0.25) is 0 Å². The van der Waals surface area contributed by atoms with Crippen molar-refractivity contribution in [3.05, 3.63) is 29.3 Å². The molecule has 0 amide bonds. The van der Waals surface area contributed by atoms with Crippen LogP contribution in [0.1, 0.15) is 50.5 Å². The molecule has 0 saturated heterocycles. The SMILES string of the molecule is CCCCC(CC)C(Cl)c1c(F)cc(OC)cc1F. The molecule has 0 fully saturated rings. The monoisotopic (exact) mass is 290 g/mol. The minimum Gasteiger partial charge on any atom is -0.497 e. The molecule has 4 heteroatoms. The Labute approximate surface area is 118 Å². The molecule has 0 bridgehead atoms. The van der Waals surface area contributed by atoms with Gasteiger partial charge in [-0.25, -0.2) is 8.78 Å². The molecule has 0 saturated carbocycles. The number of alkyl halides is 1. The van der Waals surface area contributed by atoms with E-state index >= 15 is 0 Å². The van der Waals surface area contributed by atoms with Crippen molar-refractivity contribution in [1.82, 2.24) is 0 Å². The summed E-state index contributed by atoms with van der Waals surface area (Å²) in [6.45, 7) is 4.08. The van der Waals surface area contributed by atoms with Crippen LogP contribution >= 0.6 is 11.6 Å². The van der Waals surface area contributed by atoms with Gasteiger partial charge in [0, 0.05) is 17.7 Å². The molecule has 0 N–H and O–H groups in total. The van der Waals surface area contributed by atoms with Crippen LogP contribution in [0.5, 0.6) is 5.75 Å². The van der Waals surface area contributed by atoms with Gasteiger partial charge in [-0.1, -0.05) is 33.1 Å². The minimum absolute atomic E-state index is 0.0366. The first kappa shape index (κ1) is 16.2. The van der Waals surface area contributed by atoms with Gasteiger partial charge in [0.2, 0.25) is 0 Å². The number of methoxy groups -OCH3 is 1. The number of halogens is 3. The molecule has 1 aromatic rings. The molecule has 0 aliphatic heterocycles. The van der Waals surface area contributed by atoms with Gasteiger partial charge in [-0.15, -0.1) is 11.6 Å². The van der Waals surface area contributed by atoms with Crippen LogP contribution < -0.4 is 4.74 Å². The van der Waals surface area contributed by atoms with E-state index in [9.17, 15) is 8.78 Å². The second kappa shape index (κ2) is 7.68. The Hall–Kier alpha value is -0.830. The summed E-state index contributed by atoms with van der Waals surface area (Å²) in [5, 5.41) is -0.637. The first-order valence-corrected chi connectivity index (χ1v) is 7.15. The van der Waals surface area contributed by atoms with E-state index in [4.69, 9.17) is 16.3 Å². The Morgan fingerprint density at radius 3 is 2.21 bits per heavy atom. The minimum atomic E-state index is -0.637. The quantitative estimate of drug-likeness (QED) is 0.605. The lowest BCUT2D eigenvalue weighted by Gasteiger charge is -2.22. The first-order chi connectivity index (χ1) is 9.04. The van der Waals surface area contributed by atoms with E-state index in [2.05, 4.69) is 6.92 Å². The predicted molar refractivity (Wildman–Crippen MR) is 74.8 cm³/mol. The van der Waals surface area contributed by atoms with Gasteiger partial charge in [0.15, 0.2) is 0 Å². The van der Waals surface area contributed by atoms with Crippen LogP contribution in [0.15, 0.2) is 12.1 Å². The molecule has 1 rings (SSSR count). The summed E-state index contributed by atoms with van der Waals surface area (Å²) in [4.78, 5) is 0. The number of rotatable bonds is 7. The van der Waals surface area contributed by atoms with Crippen LogP contribution in [0.4, 0.5) is 8.78 Å². The molecule has 1 nitrogen and oxygen atoms in total. The molecule has 0 aromatic heterocycles. The van der Waals surface area contributed by atoms with Gasteiger partial charge in [0.25, 0.3) is 0 Å². The molecular weight excluding hydrogens is 270 g/mol. The van der Waals surface area contributed by atoms with Gasteiger partial charge in [-0.3, -0.25) is 0 Å². The van der Waals surface area contributed by atoms with Crippen molar-refractivity contribution in [3.63, 3.8) is 0 Å². The van der Waals surface area contributed by atoms with Crippen molar-refractivity contribution >= 4 is 11.6 Å². The molecule has 2 unspecified atom stereocenters. The average Bonchev–Trinajstić information content (AvgIpc) is 2.38. The van der Waals surface area contributed by atoms with Crippen LogP contribution in [-0.2, 0) is 0 Å². The highest BCUT2D eigenvalue weighted by atomic mass is 35.5. The van der Waals surface area contributed by atoms with Gasteiger partial charge in [-0.2, -0.15) is 0 Å². The fourth-order valence-corrected chi connectivity index (χ4v) is 2.71. The van der Waals surface area contributed by atoms with Crippen LogP contribution in [0.25, 0.3) is 0 Å². The predicted octanol–water partition coefficient (Wildman–Crippen LogP) is 5.47. The maximum atomic E-state index is 14.0. The summed E-state index contributed by atoms with van der Waals surface area (Å²) in [7, 11) is 1.38. The standard InChI is InChI=1S/C15H21ClF2O/c1-4-6-7-10(5-2)15(16)14-12(17)8-11(19-3)9-13(14)18/h8-10,15H,4-7H2,1-3H3. The van der Waals surface area contributed by atoms with E-state index in [1.165, 1.54) is 19.2 Å². The van der Waals surface area contributed by atoms with Gasteiger partial charge in [-0.05, 0) is 12.3 Å². The lowest BCUT2D eigenvalue weighted by molar-refractivity contribution is 0.395. The highest BCUT2D eigenvalue weighted by Gasteiger charge is 2.26. The van der Waals surface area contributed by atoms with E-state index in [1.54, 1.807) is 0 Å². The van der Waals surface area contributed by atoms with Crippen molar-refractivity contribution in [1.29, 1.82) is 0 Å². The number of benzene rings is 1. The van der Waals surface area contributed by atoms with Gasteiger partial charge in [0.05, 0.1) is 12.5 Å². The summed E-state index contributed by atoms with van der Waals surface area (Å²) in [5.41, 5.74) is -0.0366. The summed E-state index contributed by atoms with van der Waals surface area (Å²) in [6.07, 6.45) is 3.75. The lowest BCUT2D eigenvalue weighted by atomic mass is 9.91. The molecule has 0 heterocycles. The normalized spacial score (nSPS) is 14.2.